The highest BCUT2D eigenvalue weighted by atomic mass is 19.1. The fraction of sp³-hybridized carbons (Fsp3) is 0.778. The van der Waals surface area contributed by atoms with Crippen molar-refractivity contribution in [3.63, 3.8) is 0 Å². The van der Waals surface area contributed by atoms with Crippen LogP contribution < -0.4 is 5.32 Å². The van der Waals surface area contributed by atoms with Crippen molar-refractivity contribution < 1.29 is 19.1 Å². The third-order valence-electron chi connectivity index (χ3n) is 3.35. The highest BCUT2D eigenvalue weighted by molar-refractivity contribution is 5.79. The highest BCUT2D eigenvalue weighted by Gasteiger charge is 2.49. The molecule has 0 saturated carbocycles. The Bertz CT molecular complexity index is 310. The van der Waals surface area contributed by atoms with Crippen molar-refractivity contribution in [1.82, 2.24) is 10.2 Å². The molecule has 5 nitrogen and oxygen atoms in total. The van der Waals surface area contributed by atoms with Crippen LogP contribution in [0.1, 0.15) is 12.8 Å². The molecule has 6 heteroatoms. The van der Waals surface area contributed by atoms with Gasteiger partial charge in [0, 0.05) is 24.9 Å². The zero-order valence-corrected chi connectivity index (χ0v) is 8.20. The summed E-state index contributed by atoms with van der Waals surface area (Å²) < 4.78 is 13.8. The Balaban J connectivity index is 2.07. The molecule has 15 heavy (non-hydrogen) atoms. The van der Waals surface area contributed by atoms with Crippen LogP contribution in [0, 0.1) is 5.41 Å². The van der Waals surface area contributed by atoms with E-state index < -0.39 is 17.7 Å². The molecule has 0 aromatic heterocycles. The van der Waals surface area contributed by atoms with Crippen LogP contribution in [0.25, 0.3) is 0 Å². The van der Waals surface area contributed by atoms with Crippen LogP contribution >= 0.6 is 0 Å². The quantitative estimate of drug-likeness (QED) is 0.608. The Morgan fingerprint density at radius 2 is 2.40 bits per heavy atom. The van der Waals surface area contributed by atoms with Crippen LogP contribution in [0.5, 0.6) is 0 Å². The van der Waals surface area contributed by atoms with Gasteiger partial charge in [-0.3, -0.25) is 4.79 Å². The Morgan fingerprint density at radius 3 is 2.87 bits per heavy atom. The molecule has 0 aromatic carbocycles. The number of amides is 2. The topological polar surface area (TPSA) is 69.6 Å². The molecule has 0 aliphatic carbocycles. The number of nitrogens with zero attached hydrogens (tertiary/aromatic N) is 1. The maximum atomic E-state index is 13.8. The lowest BCUT2D eigenvalue weighted by molar-refractivity contribution is -0.120. The van der Waals surface area contributed by atoms with Gasteiger partial charge < -0.3 is 15.3 Å². The molecule has 84 valence electrons. The summed E-state index contributed by atoms with van der Waals surface area (Å²) in [6, 6.07) is 0. The number of carbonyl (C=O) groups excluding carboxylic acids is 1. The maximum Gasteiger partial charge on any atom is 0.407 e. The smallest absolute Gasteiger partial charge is 0.407 e. The molecule has 2 fully saturated rings. The lowest BCUT2D eigenvalue weighted by atomic mass is 9.76. The van der Waals surface area contributed by atoms with Gasteiger partial charge in [0.15, 0.2) is 0 Å². The van der Waals surface area contributed by atoms with E-state index in [1.807, 2.05) is 0 Å². The Kier molecular flexibility index (Phi) is 2.28. The third-order valence-corrected chi connectivity index (χ3v) is 3.35. The number of likely N-dealkylation sites (tertiary alicyclic amines) is 1. The molecule has 2 heterocycles. The van der Waals surface area contributed by atoms with E-state index in [1.54, 1.807) is 0 Å². The van der Waals surface area contributed by atoms with Gasteiger partial charge >= 0.3 is 6.09 Å². The molecule has 2 unspecified atom stereocenters. The van der Waals surface area contributed by atoms with E-state index in [0.29, 0.717) is 19.5 Å². The fourth-order valence-corrected chi connectivity index (χ4v) is 2.28. The van der Waals surface area contributed by atoms with E-state index in [-0.39, 0.29) is 18.9 Å². The minimum atomic E-state index is -1.25. The van der Waals surface area contributed by atoms with E-state index in [2.05, 4.69) is 5.32 Å². The second-order valence-corrected chi connectivity index (χ2v) is 4.26. The van der Waals surface area contributed by atoms with E-state index in [4.69, 9.17) is 5.11 Å². The number of alkyl halides is 1. The number of carbonyl (C=O) groups is 2. The Morgan fingerprint density at radius 1 is 1.67 bits per heavy atom. The van der Waals surface area contributed by atoms with Gasteiger partial charge in [-0.1, -0.05) is 0 Å². The van der Waals surface area contributed by atoms with Crippen molar-refractivity contribution in [1.29, 1.82) is 0 Å². The molecule has 2 atom stereocenters. The lowest BCUT2D eigenvalue weighted by Crippen LogP contribution is -2.51. The van der Waals surface area contributed by atoms with Crippen LogP contribution in [0.15, 0.2) is 0 Å². The van der Waals surface area contributed by atoms with Crippen LogP contribution in [-0.4, -0.2) is 47.8 Å². The molecule has 0 radical (unpaired) electrons. The zero-order chi connectivity index (χ0) is 11.1. The standard InChI is InChI=1S/C9H13FN2O3/c10-6-4-12(8(14)15)2-1-9(6)3-7(13)11-5-9/h6H,1-5H2,(H,11,13)(H,14,15). The molecule has 2 rings (SSSR count). The molecule has 2 N–H and O–H groups in total. The average molecular weight is 216 g/mol. The van der Waals surface area contributed by atoms with E-state index in [9.17, 15) is 14.0 Å². The predicted octanol–water partition coefficient (Wildman–Crippen LogP) is 0.214. The largest absolute Gasteiger partial charge is 0.465 e. The summed E-state index contributed by atoms with van der Waals surface area (Å²) in [5.74, 6) is -0.138. The first kappa shape index (κ1) is 10.2. The molecule has 2 aliphatic rings. The summed E-state index contributed by atoms with van der Waals surface area (Å²) in [4.78, 5) is 22.8. The van der Waals surface area contributed by atoms with Crippen LogP contribution in [0.4, 0.5) is 9.18 Å². The highest BCUT2D eigenvalue weighted by Crippen LogP contribution is 2.39. The SMILES string of the molecule is O=C1CC2(CCN(C(=O)O)CC2F)CN1. The summed E-state index contributed by atoms with van der Waals surface area (Å²) in [6.07, 6.45) is -1.74. The van der Waals surface area contributed by atoms with Gasteiger partial charge in [0.25, 0.3) is 0 Å². The van der Waals surface area contributed by atoms with Gasteiger partial charge in [-0.15, -0.1) is 0 Å². The number of nitrogens with one attached hydrogen (secondary N) is 1. The van der Waals surface area contributed by atoms with Gasteiger partial charge in [-0.05, 0) is 6.42 Å². The average Bonchev–Trinajstić information content (AvgIpc) is 2.54. The summed E-state index contributed by atoms with van der Waals surface area (Å²) in [7, 11) is 0. The molecule has 2 aliphatic heterocycles. The molecule has 0 aromatic rings. The summed E-state index contributed by atoms with van der Waals surface area (Å²) in [5, 5.41) is 11.3. The van der Waals surface area contributed by atoms with Gasteiger partial charge in [0.05, 0.1) is 6.54 Å². The number of hydrogen-bond donors (Lipinski definition) is 2. The van der Waals surface area contributed by atoms with Gasteiger partial charge in [0.1, 0.15) is 6.17 Å². The number of carboxylic acid groups (broad SMARTS) is 1. The predicted molar refractivity (Wildman–Crippen MR) is 49.2 cm³/mol. The van der Waals surface area contributed by atoms with Gasteiger partial charge in [-0.25, -0.2) is 9.18 Å². The summed E-state index contributed by atoms with van der Waals surface area (Å²) >= 11 is 0. The molecule has 1 spiro atoms. The third kappa shape index (κ3) is 1.64. The van der Waals surface area contributed by atoms with Crippen molar-refractivity contribution in [2.45, 2.75) is 19.0 Å². The van der Waals surface area contributed by atoms with Gasteiger partial charge in [0.2, 0.25) is 5.91 Å². The molecule has 2 amide bonds. The number of hydrogen-bond acceptors (Lipinski definition) is 2. The van der Waals surface area contributed by atoms with E-state index >= 15 is 0 Å². The van der Waals surface area contributed by atoms with Crippen LogP contribution in [0.3, 0.4) is 0 Å². The van der Waals surface area contributed by atoms with Crippen molar-refractivity contribution in [3.05, 3.63) is 0 Å². The monoisotopic (exact) mass is 216 g/mol. The second kappa shape index (κ2) is 3.36. The second-order valence-electron chi connectivity index (χ2n) is 4.26. The fourth-order valence-electron chi connectivity index (χ4n) is 2.28. The molecule has 0 bridgehead atoms. The minimum Gasteiger partial charge on any atom is -0.465 e. The van der Waals surface area contributed by atoms with Crippen molar-refractivity contribution in [3.8, 4) is 0 Å². The normalized spacial score (nSPS) is 35.7. The molecular formula is C9H13FN2O3. The van der Waals surface area contributed by atoms with Crippen LogP contribution in [-0.2, 0) is 4.79 Å². The molecule has 2 saturated heterocycles. The van der Waals surface area contributed by atoms with Crippen molar-refractivity contribution in [2.75, 3.05) is 19.6 Å². The maximum absolute atomic E-state index is 13.8. The zero-order valence-electron chi connectivity index (χ0n) is 8.20. The summed E-state index contributed by atoms with van der Waals surface area (Å²) in [6.45, 7) is 0.523. The lowest BCUT2D eigenvalue weighted by Gasteiger charge is -2.39. The number of rotatable bonds is 0. The number of halogens is 1. The Labute approximate surface area is 86.2 Å². The van der Waals surface area contributed by atoms with Gasteiger partial charge in [-0.2, -0.15) is 0 Å². The first-order valence-corrected chi connectivity index (χ1v) is 4.92. The minimum absolute atomic E-state index is 0.121. The number of piperidine rings is 1. The van der Waals surface area contributed by atoms with Crippen molar-refractivity contribution in [2.24, 2.45) is 5.41 Å². The molecular weight excluding hydrogens is 203 g/mol. The van der Waals surface area contributed by atoms with E-state index in [1.165, 1.54) is 0 Å². The van der Waals surface area contributed by atoms with Crippen LogP contribution in [0.2, 0.25) is 0 Å². The summed E-state index contributed by atoms with van der Waals surface area (Å²) in [5.41, 5.74) is -0.664. The van der Waals surface area contributed by atoms with Crippen molar-refractivity contribution >= 4 is 12.0 Å². The first-order chi connectivity index (χ1) is 7.03. The Hall–Kier alpha value is -1.33. The first-order valence-electron chi connectivity index (χ1n) is 4.92. The van der Waals surface area contributed by atoms with E-state index in [0.717, 1.165) is 4.90 Å².